The molecule has 0 saturated heterocycles. The van der Waals surface area contributed by atoms with Crippen LogP contribution >= 0.6 is 11.3 Å². The number of nitrogens with zero attached hydrogens (tertiary/aromatic N) is 4. The number of benzene rings is 1. The van der Waals surface area contributed by atoms with Gasteiger partial charge in [-0.05, 0) is 24.3 Å². The third kappa shape index (κ3) is 4.28. The number of aromatic hydroxyl groups is 1. The molecule has 0 fully saturated rings. The number of nitrogens with one attached hydrogen (secondary N) is 1. The Morgan fingerprint density at radius 3 is 2.77 bits per heavy atom. The Labute approximate surface area is 180 Å². The van der Waals surface area contributed by atoms with Gasteiger partial charge in [-0.15, -0.1) is 11.3 Å². The van der Waals surface area contributed by atoms with Gasteiger partial charge >= 0.3 is 0 Å². The summed E-state index contributed by atoms with van der Waals surface area (Å²) in [4.78, 5) is 33.5. The molecule has 156 valence electrons. The molecular formula is C21H17N5O4S. The Morgan fingerprint density at radius 2 is 2.00 bits per heavy atom. The lowest BCUT2D eigenvalue weighted by molar-refractivity contribution is 0.0940. The first kappa shape index (κ1) is 20.2. The molecule has 10 heteroatoms. The van der Waals surface area contributed by atoms with E-state index in [4.69, 9.17) is 4.74 Å². The lowest BCUT2D eigenvalue weighted by Gasteiger charge is -2.11. The van der Waals surface area contributed by atoms with Crippen molar-refractivity contribution in [2.45, 2.75) is 6.54 Å². The van der Waals surface area contributed by atoms with Crippen LogP contribution in [0.5, 0.6) is 11.5 Å². The van der Waals surface area contributed by atoms with E-state index in [1.807, 2.05) is 17.5 Å². The van der Waals surface area contributed by atoms with Gasteiger partial charge in [-0.1, -0.05) is 12.1 Å². The van der Waals surface area contributed by atoms with E-state index in [0.717, 1.165) is 21.3 Å². The molecule has 2 N–H and O–H groups in total. The standard InChI is InChI=1S/C21H17N5O4S/c1-30-17-5-3-2-4-15(17)26-18(28)10-16(27)19(25-26)20(29)23-11-14-12-31-21(24-14)13-6-8-22-9-7-13/h2-10,12,27H,11H2,1H3,(H,23,29). The summed E-state index contributed by atoms with van der Waals surface area (Å²) in [5.74, 6) is -0.746. The smallest absolute Gasteiger partial charge is 0.275 e. The highest BCUT2D eigenvalue weighted by molar-refractivity contribution is 7.13. The normalized spacial score (nSPS) is 10.6. The molecule has 0 atom stereocenters. The van der Waals surface area contributed by atoms with E-state index in [-0.39, 0.29) is 12.2 Å². The van der Waals surface area contributed by atoms with E-state index in [9.17, 15) is 14.7 Å². The molecular weight excluding hydrogens is 418 g/mol. The molecule has 0 aliphatic carbocycles. The van der Waals surface area contributed by atoms with Gasteiger partial charge in [0.15, 0.2) is 11.4 Å². The van der Waals surface area contributed by atoms with E-state index in [2.05, 4.69) is 20.4 Å². The molecule has 31 heavy (non-hydrogen) atoms. The van der Waals surface area contributed by atoms with Crippen molar-refractivity contribution in [2.75, 3.05) is 7.11 Å². The fraction of sp³-hybridized carbons (Fsp3) is 0.0952. The summed E-state index contributed by atoms with van der Waals surface area (Å²) in [6.45, 7) is 0.134. The second-order valence-electron chi connectivity index (χ2n) is 6.36. The van der Waals surface area contributed by atoms with Crippen molar-refractivity contribution in [3.8, 4) is 27.8 Å². The summed E-state index contributed by atoms with van der Waals surface area (Å²) in [7, 11) is 1.46. The summed E-state index contributed by atoms with van der Waals surface area (Å²) in [5, 5.41) is 19.5. The van der Waals surface area contributed by atoms with Crippen LogP contribution in [0, 0.1) is 0 Å². The highest BCUT2D eigenvalue weighted by Crippen LogP contribution is 2.23. The van der Waals surface area contributed by atoms with Crippen LogP contribution in [0.3, 0.4) is 0 Å². The lowest BCUT2D eigenvalue weighted by Crippen LogP contribution is -2.29. The Kier molecular flexibility index (Phi) is 5.72. The van der Waals surface area contributed by atoms with Crippen molar-refractivity contribution in [2.24, 2.45) is 0 Å². The fourth-order valence-corrected chi connectivity index (χ4v) is 3.68. The van der Waals surface area contributed by atoms with Crippen molar-refractivity contribution in [1.82, 2.24) is 25.1 Å². The number of amides is 1. The monoisotopic (exact) mass is 435 g/mol. The molecule has 0 unspecified atom stereocenters. The molecule has 0 radical (unpaired) electrons. The average molecular weight is 435 g/mol. The van der Waals surface area contributed by atoms with Crippen molar-refractivity contribution >= 4 is 17.2 Å². The maximum Gasteiger partial charge on any atom is 0.275 e. The summed E-state index contributed by atoms with van der Waals surface area (Å²) >= 11 is 1.44. The van der Waals surface area contributed by atoms with Crippen LogP contribution in [0.25, 0.3) is 16.3 Å². The molecule has 0 aliphatic rings. The van der Waals surface area contributed by atoms with E-state index < -0.39 is 17.2 Å². The van der Waals surface area contributed by atoms with E-state index >= 15 is 0 Å². The van der Waals surface area contributed by atoms with Crippen LogP contribution in [-0.2, 0) is 6.54 Å². The van der Waals surface area contributed by atoms with Gasteiger partial charge in [0.1, 0.15) is 16.4 Å². The second-order valence-corrected chi connectivity index (χ2v) is 7.22. The van der Waals surface area contributed by atoms with Crippen LogP contribution < -0.4 is 15.6 Å². The van der Waals surface area contributed by atoms with Gasteiger partial charge in [0.05, 0.1) is 19.3 Å². The molecule has 3 heterocycles. The molecule has 4 aromatic rings. The number of thiazole rings is 1. The van der Waals surface area contributed by atoms with Crippen LogP contribution in [0.4, 0.5) is 0 Å². The number of para-hydroxylation sites is 2. The lowest BCUT2D eigenvalue weighted by atomic mass is 10.3. The number of carbonyl (C=O) groups is 1. The zero-order chi connectivity index (χ0) is 21.8. The minimum atomic E-state index is -0.639. The Balaban J connectivity index is 1.55. The molecule has 9 nitrogen and oxygen atoms in total. The number of hydrogen-bond acceptors (Lipinski definition) is 8. The molecule has 0 spiro atoms. The summed E-state index contributed by atoms with van der Waals surface area (Å²) in [6, 6.07) is 11.4. The Morgan fingerprint density at radius 1 is 1.23 bits per heavy atom. The van der Waals surface area contributed by atoms with Crippen LogP contribution in [-0.4, -0.2) is 37.9 Å². The molecule has 4 rings (SSSR count). The maximum atomic E-state index is 12.7. The van der Waals surface area contributed by atoms with Gasteiger partial charge in [0.2, 0.25) is 0 Å². The van der Waals surface area contributed by atoms with E-state index in [1.54, 1.807) is 36.7 Å². The molecule has 3 aromatic heterocycles. The quantitative estimate of drug-likeness (QED) is 0.477. The Bertz CT molecular complexity index is 1290. The first-order valence-corrected chi connectivity index (χ1v) is 10.0. The van der Waals surface area contributed by atoms with Gasteiger partial charge in [-0.3, -0.25) is 14.6 Å². The number of methoxy groups -OCH3 is 1. The van der Waals surface area contributed by atoms with Gasteiger partial charge in [-0.2, -0.15) is 9.78 Å². The highest BCUT2D eigenvalue weighted by Gasteiger charge is 2.18. The SMILES string of the molecule is COc1ccccc1-n1nc(C(=O)NCc2csc(-c3ccncc3)n2)c(O)cc1=O. The Hall–Kier alpha value is -4.05. The van der Waals surface area contributed by atoms with Crippen molar-refractivity contribution in [1.29, 1.82) is 0 Å². The molecule has 0 aliphatic heterocycles. The van der Waals surface area contributed by atoms with E-state index in [1.165, 1.54) is 18.4 Å². The first-order valence-electron chi connectivity index (χ1n) is 9.16. The molecule has 1 amide bonds. The highest BCUT2D eigenvalue weighted by atomic mass is 32.1. The predicted octanol–water partition coefficient (Wildman–Crippen LogP) is 2.40. The van der Waals surface area contributed by atoms with Crippen molar-refractivity contribution in [3.05, 3.63) is 82.0 Å². The van der Waals surface area contributed by atoms with Crippen LogP contribution in [0.2, 0.25) is 0 Å². The van der Waals surface area contributed by atoms with Crippen LogP contribution in [0.15, 0.2) is 65.0 Å². The first-order chi connectivity index (χ1) is 15.1. The molecule has 0 bridgehead atoms. The zero-order valence-electron chi connectivity index (χ0n) is 16.3. The minimum absolute atomic E-state index is 0.134. The van der Waals surface area contributed by atoms with Gasteiger partial charge in [-0.25, -0.2) is 4.98 Å². The number of aromatic nitrogens is 4. The molecule has 1 aromatic carbocycles. The maximum absolute atomic E-state index is 12.7. The summed E-state index contributed by atoms with van der Waals surface area (Å²) in [5.41, 5.74) is 1.06. The van der Waals surface area contributed by atoms with Gasteiger partial charge in [0.25, 0.3) is 11.5 Å². The van der Waals surface area contributed by atoms with Crippen molar-refractivity contribution < 1.29 is 14.6 Å². The van der Waals surface area contributed by atoms with Crippen molar-refractivity contribution in [3.63, 3.8) is 0 Å². The number of pyridine rings is 1. The number of carbonyl (C=O) groups excluding carboxylic acids is 1. The zero-order valence-corrected chi connectivity index (χ0v) is 17.2. The number of hydrogen-bond donors (Lipinski definition) is 2. The largest absolute Gasteiger partial charge is 0.505 e. The molecule has 0 saturated carbocycles. The van der Waals surface area contributed by atoms with E-state index in [0.29, 0.717) is 17.1 Å². The number of rotatable bonds is 6. The predicted molar refractivity (Wildman–Crippen MR) is 115 cm³/mol. The third-order valence-electron chi connectivity index (χ3n) is 4.35. The average Bonchev–Trinajstić information content (AvgIpc) is 3.27. The number of ether oxygens (including phenoxy) is 1. The summed E-state index contributed by atoms with van der Waals surface area (Å²) in [6.07, 6.45) is 3.37. The summed E-state index contributed by atoms with van der Waals surface area (Å²) < 4.78 is 6.27. The third-order valence-corrected chi connectivity index (χ3v) is 5.29. The van der Waals surface area contributed by atoms with Gasteiger partial charge < -0.3 is 15.2 Å². The minimum Gasteiger partial charge on any atom is -0.505 e. The van der Waals surface area contributed by atoms with Gasteiger partial charge in [0, 0.05) is 29.4 Å². The topological polar surface area (TPSA) is 119 Å². The van der Waals surface area contributed by atoms with Crippen LogP contribution in [0.1, 0.15) is 16.2 Å². The second kappa shape index (κ2) is 8.76. The fourth-order valence-electron chi connectivity index (χ4n) is 2.86.